The number of nitrogens with zero attached hydrogens (tertiary/aromatic N) is 1. The third kappa shape index (κ3) is 4.26. The maximum Gasteiger partial charge on any atom is 0.490 e. The van der Waals surface area contributed by atoms with Crippen LogP contribution in [-0.4, -0.2) is 39.9 Å². The van der Waals surface area contributed by atoms with Gasteiger partial charge in [-0.3, -0.25) is 0 Å². The number of benzene rings is 1. The highest BCUT2D eigenvalue weighted by Gasteiger charge is 2.51. The van der Waals surface area contributed by atoms with Gasteiger partial charge in [0, 0.05) is 17.7 Å². The van der Waals surface area contributed by atoms with E-state index in [2.05, 4.69) is 27.8 Å². The van der Waals surface area contributed by atoms with Gasteiger partial charge in [0.05, 0.1) is 5.69 Å². The molecule has 4 N–H and O–H groups in total. The Morgan fingerprint density at radius 2 is 2.00 bits per heavy atom. The SMILES string of the molecule is O=C(O)C(F)(F)F.Oc1cc2c(cc1Nc1ccccn1)C[C@@H]1NCC[C@]23CCCC[C@H]13. The topological polar surface area (TPSA) is 94.5 Å². The van der Waals surface area contributed by atoms with Crippen molar-refractivity contribution in [2.45, 2.75) is 56.2 Å². The van der Waals surface area contributed by atoms with Gasteiger partial charge in [-0.1, -0.05) is 18.9 Å². The molecule has 2 fully saturated rings. The number of anilines is 2. The molecule has 1 aliphatic heterocycles. The van der Waals surface area contributed by atoms with E-state index in [1.54, 1.807) is 6.20 Å². The average molecular weight is 449 g/mol. The number of carboxylic acid groups (broad SMARTS) is 1. The van der Waals surface area contributed by atoms with Gasteiger partial charge in [0.15, 0.2) is 0 Å². The Hall–Kier alpha value is -2.81. The summed E-state index contributed by atoms with van der Waals surface area (Å²) in [5.74, 6) is -0.912. The number of nitrogens with one attached hydrogen (secondary N) is 2. The van der Waals surface area contributed by atoms with Crippen molar-refractivity contribution < 1.29 is 28.2 Å². The number of halogens is 3. The van der Waals surface area contributed by atoms with Crippen LogP contribution in [0.4, 0.5) is 24.7 Å². The summed E-state index contributed by atoms with van der Waals surface area (Å²) in [6.07, 6.45) is 4.22. The molecular formula is C23H26F3N3O3. The van der Waals surface area contributed by atoms with Gasteiger partial charge in [-0.15, -0.1) is 0 Å². The number of aromatic hydroxyl groups is 1. The highest BCUT2D eigenvalue weighted by molar-refractivity contribution is 5.73. The normalized spacial score (nSPS) is 26.1. The van der Waals surface area contributed by atoms with Crippen LogP contribution < -0.4 is 10.6 Å². The molecule has 172 valence electrons. The number of fused-ring (bicyclic) bond motifs is 1. The quantitative estimate of drug-likeness (QED) is 0.504. The van der Waals surface area contributed by atoms with E-state index < -0.39 is 12.1 Å². The number of hydrogen-bond donors (Lipinski definition) is 4. The molecule has 3 aliphatic rings. The lowest BCUT2D eigenvalue weighted by atomic mass is 9.53. The maximum atomic E-state index is 10.7. The number of aliphatic carboxylic acids is 1. The Bertz CT molecular complexity index is 980. The molecule has 32 heavy (non-hydrogen) atoms. The van der Waals surface area contributed by atoms with Gasteiger partial charge in [-0.25, -0.2) is 9.78 Å². The van der Waals surface area contributed by atoms with Crippen molar-refractivity contribution in [2.75, 3.05) is 11.9 Å². The largest absolute Gasteiger partial charge is 0.506 e. The Balaban J connectivity index is 0.000000307. The van der Waals surface area contributed by atoms with Gasteiger partial charge >= 0.3 is 12.1 Å². The molecule has 2 aromatic rings. The average Bonchev–Trinajstić information content (AvgIpc) is 2.76. The number of piperidine rings is 1. The zero-order valence-electron chi connectivity index (χ0n) is 17.5. The van der Waals surface area contributed by atoms with Gasteiger partial charge in [-0.05, 0) is 73.5 Å². The number of carbonyl (C=O) groups is 1. The van der Waals surface area contributed by atoms with Crippen molar-refractivity contribution in [2.24, 2.45) is 5.92 Å². The van der Waals surface area contributed by atoms with Crippen molar-refractivity contribution in [1.29, 1.82) is 0 Å². The smallest absolute Gasteiger partial charge is 0.490 e. The first-order valence-electron chi connectivity index (χ1n) is 10.8. The summed E-state index contributed by atoms with van der Waals surface area (Å²) in [6.45, 7) is 1.11. The molecule has 3 atom stereocenters. The summed E-state index contributed by atoms with van der Waals surface area (Å²) in [5.41, 5.74) is 3.86. The summed E-state index contributed by atoms with van der Waals surface area (Å²) >= 11 is 0. The number of hydrogen-bond acceptors (Lipinski definition) is 5. The minimum atomic E-state index is -5.08. The molecule has 0 radical (unpaired) electrons. The van der Waals surface area contributed by atoms with Gasteiger partial charge in [-0.2, -0.15) is 13.2 Å². The zero-order valence-corrected chi connectivity index (χ0v) is 17.5. The number of alkyl halides is 3. The second-order valence-electron chi connectivity index (χ2n) is 8.69. The van der Waals surface area contributed by atoms with E-state index in [1.807, 2.05) is 18.2 Å². The molecule has 2 heterocycles. The van der Waals surface area contributed by atoms with E-state index in [-0.39, 0.29) is 5.41 Å². The number of phenols is 1. The molecule has 1 saturated heterocycles. The first kappa shape index (κ1) is 22.4. The first-order chi connectivity index (χ1) is 15.2. The van der Waals surface area contributed by atoms with Crippen LogP contribution in [0.5, 0.6) is 5.75 Å². The Morgan fingerprint density at radius 1 is 1.22 bits per heavy atom. The predicted molar refractivity (Wildman–Crippen MR) is 113 cm³/mol. The molecule has 0 amide bonds. The van der Waals surface area contributed by atoms with E-state index in [0.29, 0.717) is 11.8 Å². The highest BCUT2D eigenvalue weighted by Crippen LogP contribution is 2.55. The molecule has 9 heteroatoms. The molecule has 1 saturated carbocycles. The fraction of sp³-hybridized carbons (Fsp3) is 0.478. The first-order valence-corrected chi connectivity index (χ1v) is 10.8. The second-order valence-corrected chi connectivity index (χ2v) is 8.69. The minimum Gasteiger partial charge on any atom is -0.506 e. The number of phenolic OH excluding ortho intramolecular Hbond substituents is 1. The van der Waals surface area contributed by atoms with Crippen LogP contribution in [0.25, 0.3) is 0 Å². The van der Waals surface area contributed by atoms with Crippen LogP contribution in [0.15, 0.2) is 36.5 Å². The van der Waals surface area contributed by atoms with Gasteiger partial charge < -0.3 is 20.8 Å². The number of pyridine rings is 1. The number of aromatic nitrogens is 1. The third-order valence-corrected chi connectivity index (χ3v) is 6.93. The summed E-state index contributed by atoms with van der Waals surface area (Å²) in [7, 11) is 0. The molecule has 0 unspecified atom stereocenters. The van der Waals surface area contributed by atoms with E-state index in [1.165, 1.54) is 43.2 Å². The lowest BCUT2D eigenvalue weighted by Crippen LogP contribution is -2.59. The predicted octanol–water partition coefficient (Wildman–Crippen LogP) is 4.51. The molecule has 6 nitrogen and oxygen atoms in total. The highest BCUT2D eigenvalue weighted by atomic mass is 19.4. The van der Waals surface area contributed by atoms with Crippen molar-refractivity contribution in [3.8, 4) is 5.75 Å². The van der Waals surface area contributed by atoms with Gasteiger partial charge in [0.2, 0.25) is 0 Å². The molecule has 5 rings (SSSR count). The van der Waals surface area contributed by atoms with E-state index >= 15 is 0 Å². The van der Waals surface area contributed by atoms with Crippen LogP contribution in [0.3, 0.4) is 0 Å². The van der Waals surface area contributed by atoms with E-state index in [0.717, 1.165) is 30.4 Å². The van der Waals surface area contributed by atoms with Gasteiger partial charge in [0.1, 0.15) is 11.6 Å². The number of rotatable bonds is 2. The third-order valence-electron chi connectivity index (χ3n) is 6.93. The Morgan fingerprint density at radius 3 is 2.69 bits per heavy atom. The van der Waals surface area contributed by atoms with Crippen LogP contribution in [0.2, 0.25) is 0 Å². The standard InChI is InChI=1S/C21H25N3O.C2HF3O2/c25-19-13-16-14(12-18(19)24-20-6-2-4-9-23-20)11-17-15-5-1-3-7-21(15,16)8-10-22-17;3-2(4,5)1(6)7/h2,4,6,9,12-13,15,17,22,25H,1,3,5,7-8,10-11H2,(H,23,24);(H,6,7)/t15-,17+,21+;/m1./s1. The zero-order chi connectivity index (χ0) is 22.9. The second kappa shape index (κ2) is 8.61. The van der Waals surface area contributed by atoms with Gasteiger partial charge in [0.25, 0.3) is 0 Å². The number of carboxylic acids is 1. The Kier molecular flexibility index (Phi) is 6.03. The van der Waals surface area contributed by atoms with Crippen molar-refractivity contribution in [1.82, 2.24) is 10.3 Å². The fourth-order valence-corrected chi connectivity index (χ4v) is 5.65. The van der Waals surface area contributed by atoms with Crippen LogP contribution in [-0.2, 0) is 16.6 Å². The van der Waals surface area contributed by atoms with Crippen LogP contribution in [0, 0.1) is 5.92 Å². The lowest BCUT2D eigenvalue weighted by Gasteiger charge is -2.56. The molecule has 0 spiro atoms. The minimum absolute atomic E-state index is 0.281. The molecule has 1 aromatic heterocycles. The Labute approximate surface area is 183 Å². The van der Waals surface area contributed by atoms with Crippen molar-refractivity contribution >= 4 is 17.5 Å². The molecule has 1 aromatic carbocycles. The summed E-state index contributed by atoms with van der Waals surface area (Å²) in [5, 5.41) is 24.9. The summed E-state index contributed by atoms with van der Waals surface area (Å²) in [6, 6.07) is 10.6. The lowest BCUT2D eigenvalue weighted by molar-refractivity contribution is -0.192. The summed E-state index contributed by atoms with van der Waals surface area (Å²) < 4.78 is 31.7. The van der Waals surface area contributed by atoms with E-state index in [4.69, 9.17) is 9.90 Å². The maximum absolute atomic E-state index is 10.7. The molecule has 2 bridgehead atoms. The fourth-order valence-electron chi connectivity index (χ4n) is 5.65. The molecular weight excluding hydrogens is 423 g/mol. The van der Waals surface area contributed by atoms with Crippen molar-refractivity contribution in [3.05, 3.63) is 47.7 Å². The van der Waals surface area contributed by atoms with E-state index in [9.17, 15) is 18.3 Å². The van der Waals surface area contributed by atoms with Crippen molar-refractivity contribution in [3.63, 3.8) is 0 Å². The summed E-state index contributed by atoms with van der Waals surface area (Å²) in [4.78, 5) is 13.2. The monoisotopic (exact) mass is 449 g/mol. The molecule has 2 aliphatic carbocycles. The van der Waals surface area contributed by atoms with Crippen LogP contribution in [0.1, 0.15) is 43.2 Å². The van der Waals surface area contributed by atoms with Crippen LogP contribution >= 0.6 is 0 Å².